The van der Waals surface area contributed by atoms with Gasteiger partial charge in [0.05, 0.1) is 43.6 Å². The molecule has 6 rings (SSSR count). The normalized spacial score (nSPS) is 15.2. The summed E-state index contributed by atoms with van der Waals surface area (Å²) in [7, 11) is 0. The number of aliphatic imine (C=N–C) groups is 1. The van der Waals surface area contributed by atoms with E-state index in [-0.39, 0.29) is 16.7 Å². The van der Waals surface area contributed by atoms with Crippen molar-refractivity contribution in [2.24, 2.45) is 10.7 Å². The quantitative estimate of drug-likeness (QED) is 0.387. The van der Waals surface area contributed by atoms with E-state index in [1.807, 2.05) is 26.8 Å². The molecule has 0 saturated carbocycles. The molecule has 4 aromatic rings. The van der Waals surface area contributed by atoms with Crippen LogP contribution in [0.4, 0.5) is 4.39 Å². The fourth-order valence-electron chi connectivity index (χ4n) is 5.65. The van der Waals surface area contributed by atoms with Crippen molar-refractivity contribution in [2.75, 3.05) is 26.3 Å². The molecule has 1 saturated heterocycles. The third-order valence-electron chi connectivity index (χ3n) is 8.02. The second-order valence-corrected chi connectivity index (χ2v) is 11.7. The van der Waals surface area contributed by atoms with Crippen LogP contribution in [0.25, 0.3) is 27.6 Å². The average molecular weight is 570 g/mol. The Labute approximate surface area is 242 Å². The number of aliphatic hydroxyl groups is 1. The van der Waals surface area contributed by atoms with Gasteiger partial charge in [-0.25, -0.2) is 4.39 Å². The van der Waals surface area contributed by atoms with Crippen LogP contribution in [-0.4, -0.2) is 57.8 Å². The van der Waals surface area contributed by atoms with Crippen LogP contribution < -0.4 is 11.3 Å². The zero-order chi connectivity index (χ0) is 29.8. The number of amidine groups is 1. The molecule has 0 radical (unpaired) electrons. The number of halogens is 1. The zero-order valence-corrected chi connectivity index (χ0v) is 23.8. The summed E-state index contributed by atoms with van der Waals surface area (Å²) >= 11 is 0. The molecule has 0 spiro atoms. The number of hydrogen-bond donors (Lipinski definition) is 2. The lowest BCUT2D eigenvalue weighted by Gasteiger charge is -2.28. The number of carbonyl (C=O) groups excluding carboxylic acids is 1. The van der Waals surface area contributed by atoms with Crippen LogP contribution in [0.15, 0.2) is 58.4 Å². The Bertz CT molecular complexity index is 1830. The van der Waals surface area contributed by atoms with E-state index in [0.717, 1.165) is 15.8 Å². The van der Waals surface area contributed by atoms with Gasteiger partial charge < -0.3 is 20.5 Å². The van der Waals surface area contributed by atoms with Crippen LogP contribution in [0.2, 0.25) is 0 Å². The lowest BCUT2D eigenvalue weighted by Crippen LogP contribution is -2.41. The van der Waals surface area contributed by atoms with Crippen LogP contribution in [0.5, 0.6) is 0 Å². The van der Waals surface area contributed by atoms with E-state index in [0.29, 0.717) is 77.6 Å². The molecule has 0 aliphatic carbocycles. The first kappa shape index (κ1) is 27.7. The highest BCUT2D eigenvalue weighted by atomic mass is 19.1. The third kappa shape index (κ3) is 4.66. The highest BCUT2D eigenvalue weighted by Gasteiger charge is 2.28. The van der Waals surface area contributed by atoms with Gasteiger partial charge in [-0.1, -0.05) is 32.9 Å². The van der Waals surface area contributed by atoms with Gasteiger partial charge in [0.1, 0.15) is 11.7 Å². The van der Waals surface area contributed by atoms with Gasteiger partial charge in [-0.15, -0.1) is 0 Å². The van der Waals surface area contributed by atoms with E-state index >= 15 is 4.39 Å². The first-order valence-corrected chi connectivity index (χ1v) is 13.9. The van der Waals surface area contributed by atoms with Crippen molar-refractivity contribution < 1.29 is 19.0 Å². The van der Waals surface area contributed by atoms with Crippen molar-refractivity contribution in [1.82, 2.24) is 14.7 Å². The number of aromatic nitrogens is 2. The summed E-state index contributed by atoms with van der Waals surface area (Å²) in [5.41, 5.74) is 9.87. The lowest BCUT2D eigenvalue weighted by atomic mass is 9.86. The van der Waals surface area contributed by atoms with Gasteiger partial charge in [0.15, 0.2) is 0 Å². The summed E-state index contributed by atoms with van der Waals surface area (Å²) in [4.78, 5) is 33.4. The fourth-order valence-corrected chi connectivity index (χ4v) is 5.65. The minimum Gasteiger partial charge on any atom is -0.392 e. The molecule has 0 bridgehead atoms. The lowest BCUT2D eigenvalue weighted by molar-refractivity contribution is 0.0302. The van der Waals surface area contributed by atoms with Crippen molar-refractivity contribution in [3.63, 3.8) is 0 Å². The smallest absolute Gasteiger partial charge is 0.282 e. The molecule has 1 fully saturated rings. The fraction of sp³-hybridized carbons (Fsp3) is 0.312. The monoisotopic (exact) mass is 569 g/mol. The minimum atomic E-state index is -0.633. The van der Waals surface area contributed by atoms with Crippen molar-refractivity contribution in [1.29, 1.82) is 0 Å². The molecule has 0 unspecified atom stereocenters. The van der Waals surface area contributed by atoms with Gasteiger partial charge >= 0.3 is 0 Å². The molecule has 0 atom stereocenters. The van der Waals surface area contributed by atoms with E-state index in [1.165, 1.54) is 12.3 Å². The molecule has 3 aromatic carbocycles. The molecule has 2 aliphatic rings. The number of amides is 1. The summed E-state index contributed by atoms with van der Waals surface area (Å²) in [6.07, 6.45) is 1.47. The number of aliphatic hydroxyl groups excluding tert-OH is 1. The van der Waals surface area contributed by atoms with Crippen molar-refractivity contribution in [3.05, 3.63) is 92.6 Å². The van der Waals surface area contributed by atoms with Gasteiger partial charge in [0.25, 0.3) is 11.5 Å². The molecular weight excluding hydrogens is 537 g/mol. The van der Waals surface area contributed by atoms with Crippen LogP contribution >= 0.6 is 0 Å². The maximum absolute atomic E-state index is 15.3. The Morgan fingerprint density at radius 2 is 1.88 bits per heavy atom. The van der Waals surface area contributed by atoms with Crippen molar-refractivity contribution in [3.8, 4) is 16.8 Å². The highest BCUT2D eigenvalue weighted by molar-refractivity contribution is 6.07. The largest absolute Gasteiger partial charge is 0.392 e. The second kappa shape index (κ2) is 10.5. The number of hydrogen-bond acceptors (Lipinski definition) is 7. The van der Waals surface area contributed by atoms with Gasteiger partial charge in [-0.2, -0.15) is 9.78 Å². The standard InChI is InChI=1S/C32H32FN5O4/c1-32(2,3)20-11-19-15-36-38(31(41)28(19)26(33)14-20)27-6-4-5-21(25(27)17-39)18-12-22-24(16-35-29(22)34)23(13-18)30(40)37-7-9-42-10-8-37/h4-6,11-15,39H,7-10,16-17H2,1-3H3,(H2,34,35). The average Bonchev–Trinajstić information content (AvgIpc) is 3.36. The number of ether oxygens (including phenoxy) is 1. The van der Waals surface area contributed by atoms with Crippen LogP contribution in [0.1, 0.15) is 53.4 Å². The number of benzene rings is 3. The predicted molar refractivity (Wildman–Crippen MR) is 159 cm³/mol. The van der Waals surface area contributed by atoms with Gasteiger partial charge in [0.2, 0.25) is 0 Å². The summed E-state index contributed by atoms with van der Waals surface area (Å²) < 4.78 is 21.9. The van der Waals surface area contributed by atoms with Crippen LogP contribution in [-0.2, 0) is 23.3 Å². The molecule has 216 valence electrons. The molecule has 2 aliphatic heterocycles. The Hall–Kier alpha value is -4.41. The Balaban J connectivity index is 1.51. The van der Waals surface area contributed by atoms with E-state index in [2.05, 4.69) is 10.1 Å². The van der Waals surface area contributed by atoms with Gasteiger partial charge in [-0.05, 0) is 58.0 Å². The number of morpholine rings is 1. The molecule has 3 N–H and O–H groups in total. The molecular formula is C32H32FN5O4. The van der Waals surface area contributed by atoms with E-state index < -0.39 is 18.0 Å². The summed E-state index contributed by atoms with van der Waals surface area (Å²) in [5.74, 6) is -0.428. The molecule has 10 heteroatoms. The SMILES string of the molecule is CC(C)(C)c1cc(F)c2c(=O)n(-c3cccc(-c4cc(C(=O)N5CCOCC5)c5c(c4)C(N)=NC5)c3CO)ncc2c1. The van der Waals surface area contributed by atoms with E-state index in [1.54, 1.807) is 35.2 Å². The highest BCUT2D eigenvalue weighted by Crippen LogP contribution is 2.34. The molecule has 9 nitrogen and oxygen atoms in total. The third-order valence-corrected chi connectivity index (χ3v) is 8.02. The topological polar surface area (TPSA) is 123 Å². The Morgan fingerprint density at radius 3 is 2.60 bits per heavy atom. The van der Waals surface area contributed by atoms with Crippen molar-refractivity contribution in [2.45, 2.75) is 39.3 Å². The summed E-state index contributed by atoms with van der Waals surface area (Å²) in [6, 6.07) is 12.0. The second-order valence-electron chi connectivity index (χ2n) is 11.7. The first-order valence-electron chi connectivity index (χ1n) is 13.9. The minimum absolute atomic E-state index is 0.0767. The first-order chi connectivity index (χ1) is 20.1. The Morgan fingerprint density at radius 1 is 1.12 bits per heavy atom. The summed E-state index contributed by atoms with van der Waals surface area (Å²) in [6.45, 7) is 7.68. The number of nitrogens with zero attached hydrogens (tertiary/aromatic N) is 4. The Kier molecular flexibility index (Phi) is 6.90. The van der Waals surface area contributed by atoms with Gasteiger partial charge in [0, 0.05) is 35.2 Å². The molecule has 1 aromatic heterocycles. The number of carbonyl (C=O) groups is 1. The zero-order valence-electron chi connectivity index (χ0n) is 23.8. The predicted octanol–water partition coefficient (Wildman–Crippen LogP) is 3.67. The molecule has 3 heterocycles. The van der Waals surface area contributed by atoms with E-state index in [9.17, 15) is 14.7 Å². The maximum Gasteiger partial charge on any atom is 0.282 e. The number of rotatable bonds is 4. The number of nitrogens with two attached hydrogens (primary N) is 1. The van der Waals surface area contributed by atoms with Crippen LogP contribution in [0.3, 0.4) is 0 Å². The molecule has 1 amide bonds. The van der Waals surface area contributed by atoms with Crippen LogP contribution in [0, 0.1) is 5.82 Å². The van der Waals surface area contributed by atoms with Gasteiger partial charge in [-0.3, -0.25) is 14.6 Å². The van der Waals surface area contributed by atoms with Crippen molar-refractivity contribution >= 4 is 22.5 Å². The number of fused-ring (bicyclic) bond motifs is 2. The molecule has 42 heavy (non-hydrogen) atoms. The maximum atomic E-state index is 15.3. The summed E-state index contributed by atoms with van der Waals surface area (Å²) in [5, 5.41) is 15.3. The van der Waals surface area contributed by atoms with E-state index in [4.69, 9.17) is 10.5 Å².